The average Bonchev–Trinajstić information content (AvgIpc) is 2.50. The van der Waals surface area contributed by atoms with Crippen molar-refractivity contribution < 1.29 is 9.00 Å². The number of hydrogen-bond donors (Lipinski definition) is 0. The minimum atomic E-state index is -0.968. The monoisotopic (exact) mass is 315 g/mol. The Labute approximate surface area is 134 Å². The molecule has 0 aliphatic rings. The summed E-state index contributed by atoms with van der Waals surface area (Å²) in [5.74, 6) is 0.0949. The minimum absolute atomic E-state index is 0.0949. The molecule has 116 valence electrons. The van der Waals surface area contributed by atoms with Crippen LogP contribution in [0.2, 0.25) is 0 Å². The number of rotatable bonds is 5. The first-order valence-electron chi connectivity index (χ1n) is 7.18. The van der Waals surface area contributed by atoms with E-state index in [-0.39, 0.29) is 5.91 Å². The maximum absolute atomic E-state index is 12.3. The molecule has 22 heavy (non-hydrogen) atoms. The van der Waals surface area contributed by atoms with E-state index in [1.54, 1.807) is 11.2 Å². The molecule has 0 saturated carbocycles. The van der Waals surface area contributed by atoms with Gasteiger partial charge in [0.1, 0.15) is 0 Å². The summed E-state index contributed by atoms with van der Waals surface area (Å²) in [5, 5.41) is 0. The van der Waals surface area contributed by atoms with E-state index in [0.29, 0.717) is 13.0 Å². The SMILES string of the molecule is Cc1ccccc1CC(=O)N(C)Cc1ccc([S@](C)=O)cc1. The predicted octanol–water partition coefficient (Wildman–Crippen LogP) is 2.93. The largest absolute Gasteiger partial charge is 0.341 e. The third kappa shape index (κ3) is 4.28. The molecule has 0 heterocycles. The number of hydrogen-bond acceptors (Lipinski definition) is 2. The van der Waals surface area contributed by atoms with E-state index in [4.69, 9.17) is 0 Å². The Morgan fingerprint density at radius 3 is 2.32 bits per heavy atom. The summed E-state index contributed by atoms with van der Waals surface area (Å²) in [7, 11) is 0.844. The van der Waals surface area contributed by atoms with E-state index < -0.39 is 10.8 Å². The molecule has 0 radical (unpaired) electrons. The molecule has 0 unspecified atom stereocenters. The number of benzene rings is 2. The zero-order valence-electron chi connectivity index (χ0n) is 13.2. The maximum atomic E-state index is 12.3. The first-order valence-corrected chi connectivity index (χ1v) is 8.74. The second kappa shape index (κ2) is 7.36. The molecular formula is C18H21NO2S. The minimum Gasteiger partial charge on any atom is -0.341 e. The number of nitrogens with zero attached hydrogens (tertiary/aromatic N) is 1. The van der Waals surface area contributed by atoms with E-state index in [1.165, 1.54) is 0 Å². The third-order valence-electron chi connectivity index (χ3n) is 3.70. The van der Waals surface area contributed by atoms with Crippen molar-refractivity contribution in [3.63, 3.8) is 0 Å². The van der Waals surface area contributed by atoms with Crippen LogP contribution in [0, 0.1) is 6.92 Å². The highest BCUT2D eigenvalue weighted by Gasteiger charge is 2.11. The molecule has 0 fully saturated rings. The number of aryl methyl sites for hydroxylation is 1. The van der Waals surface area contributed by atoms with Crippen molar-refractivity contribution in [3.05, 3.63) is 65.2 Å². The Balaban J connectivity index is 1.99. The van der Waals surface area contributed by atoms with Crippen molar-refractivity contribution >= 4 is 16.7 Å². The van der Waals surface area contributed by atoms with Crippen LogP contribution >= 0.6 is 0 Å². The first-order chi connectivity index (χ1) is 10.5. The van der Waals surface area contributed by atoms with Crippen LogP contribution in [-0.2, 0) is 28.6 Å². The molecule has 2 aromatic carbocycles. The molecule has 3 nitrogen and oxygen atoms in total. The molecule has 1 atom stereocenters. The van der Waals surface area contributed by atoms with E-state index in [9.17, 15) is 9.00 Å². The van der Waals surface area contributed by atoms with Gasteiger partial charge in [0, 0.05) is 35.5 Å². The fourth-order valence-corrected chi connectivity index (χ4v) is 2.77. The Bertz CT molecular complexity index is 680. The van der Waals surface area contributed by atoms with E-state index in [1.807, 2.05) is 62.5 Å². The van der Waals surface area contributed by atoms with Gasteiger partial charge < -0.3 is 4.90 Å². The van der Waals surface area contributed by atoms with Gasteiger partial charge in [-0.05, 0) is 35.7 Å². The van der Waals surface area contributed by atoms with Crippen molar-refractivity contribution in [2.75, 3.05) is 13.3 Å². The van der Waals surface area contributed by atoms with Crippen LogP contribution in [0.25, 0.3) is 0 Å². The van der Waals surface area contributed by atoms with Crippen LogP contribution in [0.3, 0.4) is 0 Å². The van der Waals surface area contributed by atoms with Gasteiger partial charge in [0.25, 0.3) is 0 Å². The Morgan fingerprint density at radius 2 is 1.73 bits per heavy atom. The fourth-order valence-electron chi connectivity index (χ4n) is 2.25. The van der Waals surface area contributed by atoms with Crippen molar-refractivity contribution in [1.82, 2.24) is 4.90 Å². The number of likely N-dealkylation sites (N-methyl/N-ethyl adjacent to an activating group) is 1. The zero-order chi connectivity index (χ0) is 16.1. The van der Waals surface area contributed by atoms with E-state index in [2.05, 4.69) is 0 Å². The van der Waals surface area contributed by atoms with Gasteiger partial charge in [0.15, 0.2) is 0 Å². The van der Waals surface area contributed by atoms with Gasteiger partial charge in [-0.15, -0.1) is 0 Å². The highest BCUT2D eigenvalue weighted by molar-refractivity contribution is 7.84. The lowest BCUT2D eigenvalue weighted by Crippen LogP contribution is -2.27. The highest BCUT2D eigenvalue weighted by Crippen LogP contribution is 2.12. The molecular weight excluding hydrogens is 294 g/mol. The van der Waals surface area contributed by atoms with Gasteiger partial charge in [-0.25, -0.2) is 0 Å². The summed E-state index contributed by atoms with van der Waals surface area (Å²) in [4.78, 5) is 14.9. The van der Waals surface area contributed by atoms with Gasteiger partial charge in [0.05, 0.1) is 6.42 Å². The molecule has 4 heteroatoms. The van der Waals surface area contributed by atoms with Gasteiger partial charge in [-0.2, -0.15) is 0 Å². The molecule has 0 aliphatic heterocycles. The quantitative estimate of drug-likeness (QED) is 0.851. The van der Waals surface area contributed by atoms with Gasteiger partial charge in [-0.3, -0.25) is 9.00 Å². The molecule has 0 aliphatic carbocycles. The van der Waals surface area contributed by atoms with Crippen LogP contribution in [0.5, 0.6) is 0 Å². The fraction of sp³-hybridized carbons (Fsp3) is 0.278. The Hall–Kier alpha value is -1.94. The highest BCUT2D eigenvalue weighted by atomic mass is 32.2. The maximum Gasteiger partial charge on any atom is 0.227 e. The molecule has 2 rings (SSSR count). The summed E-state index contributed by atoms with van der Waals surface area (Å²) < 4.78 is 11.4. The molecule has 0 aromatic heterocycles. The lowest BCUT2D eigenvalue weighted by molar-refractivity contribution is -0.129. The summed E-state index contributed by atoms with van der Waals surface area (Å²) >= 11 is 0. The summed E-state index contributed by atoms with van der Waals surface area (Å²) in [5.41, 5.74) is 3.24. The molecule has 0 N–H and O–H groups in total. The molecule has 0 spiro atoms. The smallest absolute Gasteiger partial charge is 0.227 e. The van der Waals surface area contributed by atoms with E-state index >= 15 is 0 Å². The van der Waals surface area contributed by atoms with Crippen LogP contribution < -0.4 is 0 Å². The summed E-state index contributed by atoms with van der Waals surface area (Å²) in [6.07, 6.45) is 2.08. The summed E-state index contributed by atoms with van der Waals surface area (Å²) in [6.45, 7) is 2.58. The normalized spacial score (nSPS) is 12.0. The second-order valence-electron chi connectivity index (χ2n) is 5.45. The van der Waals surface area contributed by atoms with Crippen molar-refractivity contribution in [3.8, 4) is 0 Å². The standard InChI is InChI=1S/C18H21NO2S/c1-14-6-4-5-7-16(14)12-18(20)19(2)13-15-8-10-17(11-9-15)22(3)21/h4-11H,12-13H2,1-3H3/t22-/m0/s1. The molecule has 0 saturated heterocycles. The zero-order valence-corrected chi connectivity index (χ0v) is 14.0. The van der Waals surface area contributed by atoms with E-state index in [0.717, 1.165) is 21.6 Å². The number of carbonyl (C=O) groups excluding carboxylic acids is 1. The summed E-state index contributed by atoms with van der Waals surface area (Å²) in [6, 6.07) is 15.5. The Kier molecular flexibility index (Phi) is 5.50. The third-order valence-corrected chi connectivity index (χ3v) is 4.64. The van der Waals surface area contributed by atoms with Crippen LogP contribution in [-0.4, -0.2) is 28.3 Å². The second-order valence-corrected chi connectivity index (χ2v) is 6.83. The predicted molar refractivity (Wildman–Crippen MR) is 90.1 cm³/mol. The topological polar surface area (TPSA) is 37.4 Å². The lowest BCUT2D eigenvalue weighted by atomic mass is 10.1. The Morgan fingerprint density at radius 1 is 1.09 bits per heavy atom. The van der Waals surface area contributed by atoms with Gasteiger partial charge >= 0.3 is 0 Å². The molecule has 1 amide bonds. The molecule has 2 aromatic rings. The van der Waals surface area contributed by atoms with Crippen LogP contribution in [0.15, 0.2) is 53.4 Å². The van der Waals surface area contributed by atoms with Crippen molar-refractivity contribution in [2.45, 2.75) is 24.8 Å². The number of amides is 1. The van der Waals surface area contributed by atoms with Crippen LogP contribution in [0.1, 0.15) is 16.7 Å². The average molecular weight is 315 g/mol. The van der Waals surface area contributed by atoms with Crippen LogP contribution in [0.4, 0.5) is 0 Å². The molecule has 0 bridgehead atoms. The van der Waals surface area contributed by atoms with Crippen molar-refractivity contribution in [1.29, 1.82) is 0 Å². The van der Waals surface area contributed by atoms with Gasteiger partial charge in [0.2, 0.25) is 5.91 Å². The lowest BCUT2D eigenvalue weighted by Gasteiger charge is -2.18. The van der Waals surface area contributed by atoms with Crippen molar-refractivity contribution in [2.24, 2.45) is 0 Å². The first kappa shape index (κ1) is 16.4. The van der Waals surface area contributed by atoms with Gasteiger partial charge in [-0.1, -0.05) is 36.4 Å². The number of carbonyl (C=O) groups is 1.